The molecule has 3 atom stereocenters. The third kappa shape index (κ3) is 5.06. The maximum atomic E-state index is 9.07. The van der Waals surface area contributed by atoms with Crippen LogP contribution in [0.3, 0.4) is 0 Å². The topological polar surface area (TPSA) is 39.1 Å². The number of hydrogen-bond donors (Lipinski definition) is 1. The van der Waals surface area contributed by atoms with Crippen LogP contribution in [-0.2, 0) is 0 Å². The van der Waals surface area contributed by atoms with E-state index >= 15 is 0 Å². The summed E-state index contributed by atoms with van der Waals surface area (Å²) >= 11 is 0. The smallest absolute Gasteiger partial charge is 0.0967 e. The molecule has 3 unspecified atom stereocenters. The van der Waals surface area contributed by atoms with Gasteiger partial charge in [0.2, 0.25) is 0 Å². The molecule has 3 heteroatoms. The monoisotopic (exact) mass is 237 g/mol. The van der Waals surface area contributed by atoms with Crippen LogP contribution in [0.4, 0.5) is 0 Å². The first-order chi connectivity index (χ1) is 8.02. The molecule has 1 saturated heterocycles. The predicted molar refractivity (Wildman–Crippen MR) is 71.7 cm³/mol. The molecule has 1 N–H and O–H groups in total. The van der Waals surface area contributed by atoms with E-state index in [1.165, 1.54) is 19.5 Å². The van der Waals surface area contributed by atoms with Crippen molar-refractivity contribution in [2.75, 3.05) is 19.6 Å². The molecule has 0 saturated carbocycles. The maximum Gasteiger partial charge on any atom is 0.0967 e. The molecule has 1 heterocycles. The SMILES string of the molecule is CC(C)NC(C#N)CCN1CCC(C)C(C)C1. The van der Waals surface area contributed by atoms with Crippen molar-refractivity contribution in [2.45, 2.75) is 52.6 Å². The number of rotatable bonds is 5. The van der Waals surface area contributed by atoms with E-state index in [-0.39, 0.29) is 6.04 Å². The van der Waals surface area contributed by atoms with Crippen molar-refractivity contribution in [1.29, 1.82) is 5.26 Å². The second kappa shape index (κ2) is 6.98. The van der Waals surface area contributed by atoms with Crippen LogP contribution < -0.4 is 5.32 Å². The molecule has 0 amide bonds. The fourth-order valence-electron chi connectivity index (χ4n) is 2.45. The minimum Gasteiger partial charge on any atom is -0.303 e. The van der Waals surface area contributed by atoms with E-state index < -0.39 is 0 Å². The van der Waals surface area contributed by atoms with Gasteiger partial charge in [-0.15, -0.1) is 0 Å². The zero-order valence-corrected chi connectivity index (χ0v) is 11.7. The van der Waals surface area contributed by atoms with Crippen LogP contribution in [-0.4, -0.2) is 36.6 Å². The normalized spacial score (nSPS) is 28.0. The van der Waals surface area contributed by atoms with Crippen molar-refractivity contribution < 1.29 is 0 Å². The number of likely N-dealkylation sites (tertiary alicyclic amines) is 1. The van der Waals surface area contributed by atoms with Crippen LogP contribution in [0.2, 0.25) is 0 Å². The Labute approximate surface area is 106 Å². The number of hydrogen-bond acceptors (Lipinski definition) is 3. The molecular weight excluding hydrogens is 210 g/mol. The molecule has 1 rings (SSSR count). The van der Waals surface area contributed by atoms with E-state index in [4.69, 9.17) is 5.26 Å². The summed E-state index contributed by atoms with van der Waals surface area (Å²) in [5.41, 5.74) is 0. The van der Waals surface area contributed by atoms with Crippen LogP contribution in [0, 0.1) is 23.2 Å². The van der Waals surface area contributed by atoms with E-state index in [2.05, 4.69) is 44.0 Å². The van der Waals surface area contributed by atoms with Crippen molar-refractivity contribution >= 4 is 0 Å². The average molecular weight is 237 g/mol. The van der Waals surface area contributed by atoms with E-state index in [1.54, 1.807) is 0 Å². The van der Waals surface area contributed by atoms with E-state index in [9.17, 15) is 0 Å². The predicted octanol–water partition coefficient (Wildman–Crippen LogP) is 2.24. The van der Waals surface area contributed by atoms with Crippen LogP contribution in [0.25, 0.3) is 0 Å². The Balaban J connectivity index is 2.28. The van der Waals surface area contributed by atoms with Crippen molar-refractivity contribution in [3.63, 3.8) is 0 Å². The number of piperidine rings is 1. The molecule has 0 aromatic rings. The third-order valence-electron chi connectivity index (χ3n) is 3.84. The highest BCUT2D eigenvalue weighted by Gasteiger charge is 2.22. The van der Waals surface area contributed by atoms with Gasteiger partial charge in [-0.2, -0.15) is 5.26 Å². The summed E-state index contributed by atoms with van der Waals surface area (Å²) in [5, 5.41) is 12.4. The highest BCUT2D eigenvalue weighted by Crippen LogP contribution is 2.22. The lowest BCUT2D eigenvalue weighted by atomic mass is 9.88. The molecule has 0 bridgehead atoms. The quantitative estimate of drug-likeness (QED) is 0.797. The molecule has 17 heavy (non-hydrogen) atoms. The highest BCUT2D eigenvalue weighted by atomic mass is 15.1. The van der Waals surface area contributed by atoms with Crippen molar-refractivity contribution in [1.82, 2.24) is 10.2 Å². The lowest BCUT2D eigenvalue weighted by molar-refractivity contribution is 0.135. The third-order valence-corrected chi connectivity index (χ3v) is 3.84. The highest BCUT2D eigenvalue weighted by molar-refractivity contribution is 4.91. The first-order valence-electron chi connectivity index (χ1n) is 6.91. The minimum atomic E-state index is 0.00431. The summed E-state index contributed by atoms with van der Waals surface area (Å²) in [4.78, 5) is 2.51. The second-order valence-corrected chi connectivity index (χ2v) is 5.84. The Bertz CT molecular complexity index is 257. The zero-order valence-electron chi connectivity index (χ0n) is 11.7. The van der Waals surface area contributed by atoms with E-state index in [1.807, 2.05) is 0 Å². The van der Waals surface area contributed by atoms with Crippen molar-refractivity contribution in [3.05, 3.63) is 0 Å². The molecule has 0 aromatic heterocycles. The minimum absolute atomic E-state index is 0.00431. The maximum absolute atomic E-state index is 9.07. The summed E-state index contributed by atoms with van der Waals surface area (Å²) in [6.07, 6.45) is 2.24. The second-order valence-electron chi connectivity index (χ2n) is 5.84. The summed E-state index contributed by atoms with van der Waals surface area (Å²) in [6.45, 7) is 12.3. The van der Waals surface area contributed by atoms with Gasteiger partial charge in [0.05, 0.1) is 12.1 Å². The number of nitriles is 1. The lowest BCUT2D eigenvalue weighted by Gasteiger charge is -2.35. The van der Waals surface area contributed by atoms with Gasteiger partial charge >= 0.3 is 0 Å². The first kappa shape index (κ1) is 14.5. The fraction of sp³-hybridized carbons (Fsp3) is 0.929. The molecular formula is C14H27N3. The molecule has 98 valence electrons. The molecule has 1 aliphatic rings. The van der Waals surface area contributed by atoms with Gasteiger partial charge in [-0.05, 0) is 45.1 Å². The standard InChI is InChI=1S/C14H27N3/c1-11(2)16-14(9-15)6-8-17-7-5-12(3)13(4)10-17/h11-14,16H,5-8,10H2,1-4H3. The van der Waals surface area contributed by atoms with E-state index in [0.29, 0.717) is 6.04 Å². The Kier molecular flexibility index (Phi) is 5.94. The van der Waals surface area contributed by atoms with Gasteiger partial charge < -0.3 is 4.90 Å². The van der Waals surface area contributed by atoms with Crippen LogP contribution in [0.5, 0.6) is 0 Å². The van der Waals surface area contributed by atoms with Gasteiger partial charge in [0.15, 0.2) is 0 Å². The van der Waals surface area contributed by atoms with Gasteiger partial charge in [0, 0.05) is 19.1 Å². The van der Waals surface area contributed by atoms with Crippen LogP contribution in [0.15, 0.2) is 0 Å². The van der Waals surface area contributed by atoms with E-state index in [0.717, 1.165) is 24.8 Å². The number of nitrogens with one attached hydrogen (secondary N) is 1. The first-order valence-corrected chi connectivity index (χ1v) is 6.91. The Hall–Kier alpha value is -0.590. The zero-order chi connectivity index (χ0) is 12.8. The summed E-state index contributed by atoms with van der Waals surface area (Å²) in [5.74, 6) is 1.65. The van der Waals surface area contributed by atoms with Crippen molar-refractivity contribution in [3.8, 4) is 6.07 Å². The largest absolute Gasteiger partial charge is 0.303 e. The Morgan fingerprint density at radius 1 is 1.35 bits per heavy atom. The van der Waals surface area contributed by atoms with Gasteiger partial charge in [-0.25, -0.2) is 0 Å². The van der Waals surface area contributed by atoms with Gasteiger partial charge in [0.1, 0.15) is 0 Å². The van der Waals surface area contributed by atoms with Gasteiger partial charge in [0.25, 0.3) is 0 Å². The van der Waals surface area contributed by atoms with Crippen molar-refractivity contribution in [2.24, 2.45) is 11.8 Å². The summed E-state index contributed by atoms with van der Waals surface area (Å²) < 4.78 is 0. The Morgan fingerprint density at radius 3 is 2.59 bits per heavy atom. The lowest BCUT2D eigenvalue weighted by Crippen LogP contribution is -2.42. The molecule has 0 aromatic carbocycles. The fourth-order valence-corrected chi connectivity index (χ4v) is 2.45. The van der Waals surface area contributed by atoms with Gasteiger partial charge in [-0.1, -0.05) is 13.8 Å². The van der Waals surface area contributed by atoms with Crippen LogP contribution >= 0.6 is 0 Å². The number of nitrogens with zero attached hydrogens (tertiary/aromatic N) is 2. The molecule has 3 nitrogen and oxygen atoms in total. The molecule has 1 fully saturated rings. The molecule has 0 spiro atoms. The summed E-state index contributed by atoms with van der Waals surface area (Å²) in [6, 6.07) is 2.75. The molecule has 0 aliphatic carbocycles. The van der Waals surface area contributed by atoms with Crippen LogP contribution in [0.1, 0.15) is 40.5 Å². The summed E-state index contributed by atoms with van der Waals surface area (Å²) in [7, 11) is 0. The average Bonchev–Trinajstić information content (AvgIpc) is 2.28. The van der Waals surface area contributed by atoms with Gasteiger partial charge in [-0.3, -0.25) is 5.32 Å². The molecule has 0 radical (unpaired) electrons. The molecule has 1 aliphatic heterocycles. The Morgan fingerprint density at radius 2 is 2.06 bits per heavy atom.